The largest absolute Gasteiger partial charge is 0.290 e. The van der Waals surface area contributed by atoms with Crippen molar-refractivity contribution >= 4 is 22.6 Å². The molecule has 7 heteroatoms. The summed E-state index contributed by atoms with van der Waals surface area (Å²) in [5.41, 5.74) is -0.762. The van der Waals surface area contributed by atoms with E-state index < -0.39 is 29.0 Å². The van der Waals surface area contributed by atoms with Crippen LogP contribution in [0.4, 0.5) is 17.6 Å². The molecule has 1 heterocycles. The average molecular weight is 315 g/mol. The first kappa shape index (κ1) is 13.9. The predicted molar refractivity (Wildman–Crippen MR) is 70.5 cm³/mol. The van der Waals surface area contributed by atoms with E-state index in [-0.39, 0.29) is 22.7 Å². The summed E-state index contributed by atoms with van der Waals surface area (Å²) in [5.74, 6) is -3.77. The van der Waals surface area contributed by atoms with Gasteiger partial charge in [-0.2, -0.15) is 0 Å². The number of benzene rings is 2. The van der Waals surface area contributed by atoms with Crippen LogP contribution in [0.1, 0.15) is 5.82 Å². The van der Waals surface area contributed by atoms with Crippen molar-refractivity contribution in [1.29, 1.82) is 0 Å². The van der Waals surface area contributed by atoms with E-state index in [2.05, 4.69) is 4.98 Å². The van der Waals surface area contributed by atoms with Gasteiger partial charge in [-0.25, -0.2) is 22.5 Å². The fourth-order valence-electron chi connectivity index (χ4n) is 2.19. The second-order valence-electron chi connectivity index (χ2n) is 4.32. The zero-order chi connectivity index (χ0) is 15.1. The first-order valence-electron chi connectivity index (χ1n) is 5.89. The molecule has 0 N–H and O–H groups in total. The Balaban J connectivity index is 2.46. The summed E-state index contributed by atoms with van der Waals surface area (Å²) < 4.78 is 56.0. The van der Waals surface area contributed by atoms with Crippen LogP contribution in [0.15, 0.2) is 30.3 Å². The monoisotopic (exact) mass is 314 g/mol. The molecule has 0 unspecified atom stereocenters. The highest BCUT2D eigenvalue weighted by atomic mass is 35.5. The van der Waals surface area contributed by atoms with Crippen molar-refractivity contribution < 1.29 is 17.6 Å². The molecule has 0 spiro atoms. The van der Waals surface area contributed by atoms with E-state index in [1.54, 1.807) is 0 Å². The third-order valence-electron chi connectivity index (χ3n) is 3.03. The number of fused-ring (bicyclic) bond motifs is 1. The van der Waals surface area contributed by atoms with Gasteiger partial charge in [0.05, 0.1) is 11.4 Å². The first-order valence-corrected chi connectivity index (χ1v) is 6.43. The van der Waals surface area contributed by atoms with E-state index in [9.17, 15) is 17.6 Å². The van der Waals surface area contributed by atoms with Gasteiger partial charge in [-0.15, -0.1) is 11.6 Å². The third kappa shape index (κ3) is 2.15. The summed E-state index contributed by atoms with van der Waals surface area (Å²) >= 11 is 5.71. The smallest absolute Gasteiger partial charge is 0.153 e. The first-order chi connectivity index (χ1) is 10.0. The minimum Gasteiger partial charge on any atom is -0.290 e. The van der Waals surface area contributed by atoms with Crippen LogP contribution < -0.4 is 0 Å². The van der Waals surface area contributed by atoms with Crippen molar-refractivity contribution in [2.45, 2.75) is 5.88 Å². The Kier molecular flexibility index (Phi) is 3.33. The van der Waals surface area contributed by atoms with Crippen LogP contribution in [0.5, 0.6) is 0 Å². The summed E-state index contributed by atoms with van der Waals surface area (Å²) in [6.45, 7) is 0. The summed E-state index contributed by atoms with van der Waals surface area (Å²) in [7, 11) is 0. The molecule has 0 atom stereocenters. The van der Waals surface area contributed by atoms with Gasteiger partial charge in [0, 0.05) is 12.1 Å². The fourth-order valence-corrected chi connectivity index (χ4v) is 2.37. The maximum absolute atomic E-state index is 13.9. The molecular weight excluding hydrogens is 308 g/mol. The maximum Gasteiger partial charge on any atom is 0.153 e. The third-order valence-corrected chi connectivity index (χ3v) is 3.27. The lowest BCUT2D eigenvalue weighted by molar-refractivity contribution is 0.568. The van der Waals surface area contributed by atoms with Gasteiger partial charge in [-0.05, 0) is 12.1 Å². The molecule has 0 aliphatic carbocycles. The molecule has 2 aromatic carbocycles. The highest BCUT2D eigenvalue weighted by molar-refractivity contribution is 6.17. The molecule has 0 fully saturated rings. The molecule has 21 heavy (non-hydrogen) atoms. The van der Waals surface area contributed by atoms with Crippen molar-refractivity contribution in [3.63, 3.8) is 0 Å². The van der Waals surface area contributed by atoms with Crippen LogP contribution in [0.3, 0.4) is 0 Å². The van der Waals surface area contributed by atoms with Crippen LogP contribution in [0.2, 0.25) is 0 Å². The molecule has 1 aromatic heterocycles. The SMILES string of the molecule is Fc1cc(F)c2nc(CCl)n(-c3c(F)cccc3F)c2c1. The van der Waals surface area contributed by atoms with Crippen LogP contribution >= 0.6 is 11.6 Å². The summed E-state index contributed by atoms with van der Waals surface area (Å²) in [6.07, 6.45) is 0. The lowest BCUT2D eigenvalue weighted by Gasteiger charge is -2.10. The molecule has 0 amide bonds. The molecule has 2 nitrogen and oxygen atoms in total. The molecule has 0 aliphatic heterocycles. The van der Waals surface area contributed by atoms with Crippen LogP contribution in [0, 0.1) is 23.3 Å². The number of imidazole rings is 1. The Hall–Kier alpha value is -2.08. The van der Waals surface area contributed by atoms with E-state index in [1.165, 1.54) is 6.07 Å². The van der Waals surface area contributed by atoms with Gasteiger partial charge in [0.25, 0.3) is 0 Å². The number of nitrogens with zero attached hydrogens (tertiary/aromatic N) is 2. The standard InChI is InChI=1S/C14H7ClF4N2/c15-6-12-20-13-10(19)4-7(16)5-11(13)21(12)14-8(17)2-1-3-9(14)18/h1-5H,6H2. The molecule has 0 radical (unpaired) electrons. The Morgan fingerprint density at radius 2 is 1.67 bits per heavy atom. The van der Waals surface area contributed by atoms with Gasteiger partial charge >= 0.3 is 0 Å². The lowest BCUT2D eigenvalue weighted by atomic mass is 10.2. The maximum atomic E-state index is 13.9. The highest BCUT2D eigenvalue weighted by Gasteiger charge is 2.20. The van der Waals surface area contributed by atoms with Gasteiger partial charge < -0.3 is 0 Å². The topological polar surface area (TPSA) is 17.8 Å². The predicted octanol–water partition coefficient (Wildman–Crippen LogP) is 4.32. The second kappa shape index (κ2) is 5.04. The van der Waals surface area contributed by atoms with Gasteiger partial charge in [-0.3, -0.25) is 4.57 Å². The van der Waals surface area contributed by atoms with Gasteiger partial charge in [-0.1, -0.05) is 6.07 Å². The fraction of sp³-hybridized carbons (Fsp3) is 0.0714. The van der Waals surface area contributed by atoms with Gasteiger partial charge in [0.2, 0.25) is 0 Å². The summed E-state index contributed by atoms with van der Waals surface area (Å²) in [5, 5.41) is 0. The number of hydrogen-bond donors (Lipinski definition) is 0. The van der Waals surface area contributed by atoms with E-state index in [1.807, 2.05) is 0 Å². The zero-order valence-corrected chi connectivity index (χ0v) is 11.1. The minimum absolute atomic E-state index is 0.0140. The Morgan fingerprint density at radius 3 is 2.29 bits per heavy atom. The van der Waals surface area contributed by atoms with Crippen molar-refractivity contribution in [3.8, 4) is 5.69 Å². The highest BCUT2D eigenvalue weighted by Crippen LogP contribution is 2.28. The molecular formula is C14H7ClF4N2. The molecule has 108 valence electrons. The van der Waals surface area contributed by atoms with Crippen LogP contribution in [-0.4, -0.2) is 9.55 Å². The lowest BCUT2D eigenvalue weighted by Crippen LogP contribution is -2.05. The van der Waals surface area contributed by atoms with Crippen LogP contribution in [-0.2, 0) is 5.88 Å². The van der Waals surface area contributed by atoms with E-state index >= 15 is 0 Å². The van der Waals surface area contributed by atoms with E-state index in [0.29, 0.717) is 6.07 Å². The Morgan fingerprint density at radius 1 is 1.00 bits per heavy atom. The molecule has 0 bridgehead atoms. The number of rotatable bonds is 2. The van der Waals surface area contributed by atoms with Gasteiger partial charge in [0.15, 0.2) is 5.82 Å². The van der Waals surface area contributed by atoms with E-state index in [0.717, 1.165) is 22.8 Å². The van der Waals surface area contributed by atoms with E-state index in [4.69, 9.17) is 11.6 Å². The summed E-state index contributed by atoms with van der Waals surface area (Å²) in [4.78, 5) is 3.89. The van der Waals surface area contributed by atoms with Crippen molar-refractivity contribution in [2.75, 3.05) is 0 Å². The van der Waals surface area contributed by atoms with Crippen LogP contribution in [0.25, 0.3) is 16.7 Å². The molecule has 0 saturated carbocycles. The number of alkyl halides is 1. The molecule has 0 aliphatic rings. The average Bonchev–Trinajstić information content (AvgIpc) is 2.78. The minimum atomic E-state index is -0.924. The quantitative estimate of drug-likeness (QED) is 0.509. The van der Waals surface area contributed by atoms with Crippen molar-refractivity contribution in [1.82, 2.24) is 9.55 Å². The number of para-hydroxylation sites is 1. The number of aromatic nitrogens is 2. The Bertz CT molecular complexity index is 824. The number of hydrogen-bond acceptors (Lipinski definition) is 1. The molecule has 0 saturated heterocycles. The zero-order valence-electron chi connectivity index (χ0n) is 10.4. The van der Waals surface area contributed by atoms with Crippen molar-refractivity contribution in [2.24, 2.45) is 0 Å². The molecule has 3 rings (SSSR count). The van der Waals surface area contributed by atoms with Crippen molar-refractivity contribution in [3.05, 3.63) is 59.4 Å². The Labute approximate surface area is 121 Å². The second-order valence-corrected chi connectivity index (χ2v) is 4.59. The normalized spacial score (nSPS) is 11.3. The molecule has 3 aromatic rings. The number of halogens is 5. The summed E-state index contributed by atoms with van der Waals surface area (Å²) in [6, 6.07) is 4.87. The van der Waals surface area contributed by atoms with Gasteiger partial charge in [0.1, 0.15) is 34.5 Å².